The Bertz CT molecular complexity index is 937. The molecule has 0 aliphatic carbocycles. The molecule has 2 heterocycles. The van der Waals surface area contributed by atoms with Crippen LogP contribution in [0.3, 0.4) is 0 Å². The number of rotatable bonds is 4. The smallest absolute Gasteiger partial charge is 0.244 e. The molecule has 0 fully saturated rings. The van der Waals surface area contributed by atoms with Gasteiger partial charge in [-0.2, -0.15) is 5.26 Å². The summed E-state index contributed by atoms with van der Waals surface area (Å²) in [5.74, 6) is 0.658. The van der Waals surface area contributed by atoms with Crippen LogP contribution in [0.25, 0.3) is 10.9 Å². The molecule has 0 radical (unpaired) electrons. The lowest BCUT2D eigenvalue weighted by Crippen LogP contribution is -2.22. The van der Waals surface area contributed by atoms with Crippen molar-refractivity contribution < 1.29 is 4.79 Å². The maximum Gasteiger partial charge on any atom is 0.244 e. The van der Waals surface area contributed by atoms with Crippen LogP contribution in [-0.2, 0) is 4.79 Å². The fourth-order valence-electron chi connectivity index (χ4n) is 2.18. The van der Waals surface area contributed by atoms with Gasteiger partial charge in [0.05, 0.1) is 23.7 Å². The van der Waals surface area contributed by atoms with Crippen molar-refractivity contribution in [2.75, 3.05) is 17.2 Å². The molecule has 2 N–H and O–H groups in total. The summed E-state index contributed by atoms with van der Waals surface area (Å²) in [5, 5.41) is 16.1. The van der Waals surface area contributed by atoms with E-state index in [1.165, 1.54) is 0 Å². The normalized spacial score (nSPS) is 10.2. The molecular weight excluding hydrogens is 326 g/mol. The predicted octanol–water partition coefficient (Wildman–Crippen LogP) is 3.21. The molecule has 0 aliphatic heterocycles. The van der Waals surface area contributed by atoms with E-state index in [0.29, 0.717) is 33.1 Å². The van der Waals surface area contributed by atoms with E-state index in [1.807, 2.05) is 0 Å². The van der Waals surface area contributed by atoms with E-state index in [4.69, 9.17) is 11.6 Å². The summed E-state index contributed by atoms with van der Waals surface area (Å²) < 4.78 is 0. The number of nitriles is 1. The highest BCUT2D eigenvalue weighted by atomic mass is 35.5. The highest BCUT2D eigenvalue weighted by molar-refractivity contribution is 6.31. The first-order chi connectivity index (χ1) is 11.7. The van der Waals surface area contributed by atoms with Gasteiger partial charge in [-0.25, -0.2) is 9.97 Å². The zero-order chi connectivity index (χ0) is 16.9. The van der Waals surface area contributed by atoms with Crippen molar-refractivity contribution in [3.05, 3.63) is 59.2 Å². The van der Waals surface area contributed by atoms with Crippen molar-refractivity contribution in [2.45, 2.75) is 0 Å². The molecule has 2 aromatic heterocycles. The van der Waals surface area contributed by atoms with Crippen LogP contribution in [0.4, 0.5) is 11.6 Å². The molecule has 0 bridgehead atoms. The van der Waals surface area contributed by atoms with Gasteiger partial charge in [0.1, 0.15) is 11.6 Å². The van der Waals surface area contributed by atoms with E-state index in [-0.39, 0.29) is 12.5 Å². The predicted molar refractivity (Wildman–Crippen MR) is 92.8 cm³/mol. The van der Waals surface area contributed by atoms with E-state index >= 15 is 0 Å². The van der Waals surface area contributed by atoms with Gasteiger partial charge in [0, 0.05) is 16.6 Å². The Kier molecular flexibility index (Phi) is 4.54. The van der Waals surface area contributed by atoms with Gasteiger partial charge in [0.15, 0.2) is 0 Å². The average molecular weight is 338 g/mol. The Morgan fingerprint density at radius 1 is 1.21 bits per heavy atom. The molecule has 1 amide bonds. The zero-order valence-electron chi connectivity index (χ0n) is 12.5. The Hall–Kier alpha value is -3.17. The molecule has 3 rings (SSSR count). The van der Waals surface area contributed by atoms with E-state index in [0.717, 1.165) is 0 Å². The number of nitrogens with one attached hydrogen (secondary N) is 2. The summed E-state index contributed by atoms with van der Waals surface area (Å²) in [6.45, 7) is 0.00748. The minimum Gasteiger partial charge on any atom is -0.361 e. The van der Waals surface area contributed by atoms with Crippen molar-refractivity contribution in [2.24, 2.45) is 0 Å². The number of hydrogen-bond donors (Lipinski definition) is 2. The summed E-state index contributed by atoms with van der Waals surface area (Å²) in [5.41, 5.74) is 1.07. The summed E-state index contributed by atoms with van der Waals surface area (Å²) in [7, 11) is 0. The number of carbonyl (C=O) groups excluding carboxylic acids is 1. The molecule has 0 saturated carbocycles. The number of hydrogen-bond acceptors (Lipinski definition) is 5. The third-order valence-electron chi connectivity index (χ3n) is 3.25. The highest BCUT2D eigenvalue weighted by Crippen LogP contribution is 2.23. The molecule has 0 atom stereocenters. The maximum atomic E-state index is 11.9. The molecule has 24 heavy (non-hydrogen) atoms. The van der Waals surface area contributed by atoms with Gasteiger partial charge in [-0.1, -0.05) is 17.7 Å². The molecule has 0 saturated heterocycles. The van der Waals surface area contributed by atoms with Crippen LogP contribution in [0, 0.1) is 11.3 Å². The number of carbonyl (C=O) groups is 1. The number of pyridine rings is 2. The molecule has 7 heteroatoms. The standard InChI is InChI=1S/C17H12ClN5O/c18-12-4-5-14-13(8-12)11(9-19)7-16(22-14)21-10-17(24)23-15-3-1-2-6-20-15/h1-8H,10H2,(H,21,22)(H,20,23,24). The van der Waals surface area contributed by atoms with Crippen LogP contribution in [0.1, 0.15) is 5.56 Å². The van der Waals surface area contributed by atoms with Crippen molar-refractivity contribution in [3.8, 4) is 6.07 Å². The van der Waals surface area contributed by atoms with Gasteiger partial charge in [-0.3, -0.25) is 4.79 Å². The molecule has 118 valence electrons. The summed E-state index contributed by atoms with van der Waals surface area (Å²) >= 11 is 5.96. The number of nitrogens with zero attached hydrogens (tertiary/aromatic N) is 3. The van der Waals surface area contributed by atoms with Gasteiger partial charge in [-0.15, -0.1) is 0 Å². The van der Waals surface area contributed by atoms with Gasteiger partial charge in [0.25, 0.3) is 0 Å². The Labute approximate surface area is 143 Å². The molecule has 0 unspecified atom stereocenters. The summed E-state index contributed by atoms with van der Waals surface area (Å²) in [4.78, 5) is 20.3. The molecule has 3 aromatic rings. The van der Waals surface area contributed by atoms with Crippen LogP contribution in [0.15, 0.2) is 48.7 Å². The van der Waals surface area contributed by atoms with E-state index in [1.54, 1.807) is 48.7 Å². The van der Waals surface area contributed by atoms with Gasteiger partial charge < -0.3 is 10.6 Å². The first-order valence-electron chi connectivity index (χ1n) is 7.11. The first kappa shape index (κ1) is 15.7. The number of fused-ring (bicyclic) bond motifs is 1. The van der Waals surface area contributed by atoms with Crippen LogP contribution < -0.4 is 10.6 Å². The number of benzene rings is 1. The van der Waals surface area contributed by atoms with Crippen LogP contribution in [-0.4, -0.2) is 22.4 Å². The molecule has 0 spiro atoms. The lowest BCUT2D eigenvalue weighted by molar-refractivity contribution is -0.114. The van der Waals surface area contributed by atoms with Crippen LogP contribution in [0.2, 0.25) is 5.02 Å². The number of anilines is 2. The maximum absolute atomic E-state index is 11.9. The van der Waals surface area contributed by atoms with Gasteiger partial charge in [0.2, 0.25) is 5.91 Å². The lowest BCUT2D eigenvalue weighted by Gasteiger charge is -2.09. The minimum atomic E-state index is -0.259. The van der Waals surface area contributed by atoms with Crippen LogP contribution >= 0.6 is 11.6 Å². The first-order valence-corrected chi connectivity index (χ1v) is 7.48. The molecule has 6 nitrogen and oxygen atoms in total. The second-order valence-corrected chi connectivity index (χ2v) is 5.38. The summed E-state index contributed by atoms with van der Waals surface area (Å²) in [6, 6.07) is 14.1. The molecule has 1 aromatic carbocycles. The molecular formula is C17H12ClN5O. The fourth-order valence-corrected chi connectivity index (χ4v) is 2.35. The van der Waals surface area contributed by atoms with Crippen molar-refractivity contribution >= 4 is 40.0 Å². The Morgan fingerprint density at radius 2 is 2.08 bits per heavy atom. The monoisotopic (exact) mass is 337 g/mol. The minimum absolute atomic E-state index is 0.00748. The average Bonchev–Trinajstić information content (AvgIpc) is 2.60. The number of aromatic nitrogens is 2. The quantitative estimate of drug-likeness (QED) is 0.762. The SMILES string of the molecule is N#Cc1cc(NCC(=O)Nc2ccccn2)nc2ccc(Cl)cc12. The summed E-state index contributed by atoms with van der Waals surface area (Å²) in [6.07, 6.45) is 1.60. The number of halogens is 1. The lowest BCUT2D eigenvalue weighted by atomic mass is 10.1. The van der Waals surface area contributed by atoms with E-state index in [2.05, 4.69) is 26.7 Å². The van der Waals surface area contributed by atoms with Crippen molar-refractivity contribution in [1.82, 2.24) is 9.97 Å². The number of amides is 1. The topological polar surface area (TPSA) is 90.7 Å². The van der Waals surface area contributed by atoms with E-state index < -0.39 is 0 Å². The van der Waals surface area contributed by atoms with Gasteiger partial charge in [-0.05, 0) is 36.4 Å². The fraction of sp³-hybridized carbons (Fsp3) is 0.0588. The molecule has 0 aliphatic rings. The Morgan fingerprint density at radius 3 is 2.83 bits per heavy atom. The zero-order valence-corrected chi connectivity index (χ0v) is 13.2. The largest absolute Gasteiger partial charge is 0.361 e. The highest BCUT2D eigenvalue weighted by Gasteiger charge is 2.08. The third kappa shape index (κ3) is 3.59. The van der Waals surface area contributed by atoms with E-state index in [9.17, 15) is 10.1 Å². The van der Waals surface area contributed by atoms with Crippen LogP contribution in [0.5, 0.6) is 0 Å². The van der Waals surface area contributed by atoms with Crippen molar-refractivity contribution in [3.63, 3.8) is 0 Å². The van der Waals surface area contributed by atoms with Crippen molar-refractivity contribution in [1.29, 1.82) is 5.26 Å². The Balaban J connectivity index is 1.75. The van der Waals surface area contributed by atoms with Gasteiger partial charge >= 0.3 is 0 Å². The second-order valence-electron chi connectivity index (χ2n) is 4.95. The second kappa shape index (κ2) is 6.94. The third-order valence-corrected chi connectivity index (χ3v) is 3.49.